The lowest BCUT2D eigenvalue weighted by molar-refractivity contribution is -0.274. The number of hydrogen-bond acceptors (Lipinski definition) is 6. The number of carbonyl (C=O) groups excluding carboxylic acids is 2. The van der Waals surface area contributed by atoms with Gasteiger partial charge in [0.05, 0.1) is 31.0 Å². The lowest BCUT2D eigenvalue weighted by Gasteiger charge is -2.25. The number of halogens is 3. The molecule has 1 aliphatic heterocycles. The minimum absolute atomic E-state index is 0.121. The molecule has 1 atom stereocenters. The number of rotatable bonds is 8. The van der Waals surface area contributed by atoms with Crippen LogP contribution in [0.25, 0.3) is 0 Å². The Bertz CT molecular complexity index is 918. The number of aromatic nitrogens is 3. The summed E-state index contributed by atoms with van der Waals surface area (Å²) in [5, 5.41) is 10.4. The van der Waals surface area contributed by atoms with Crippen LogP contribution in [-0.4, -0.2) is 70.9 Å². The standard InChI is InChI=1S/C19H22F3N5O4/c1-30-10-8-23-17(28)15-12-26(25-24-15)11-13-5-4-9-27(13)18(29)14-6-2-3-7-16(14)31-19(20,21)22/h2-3,6-7,12-13H,4-5,8-11H2,1H3,(H,23,28)/t13-/m0/s1. The first-order valence-corrected chi connectivity index (χ1v) is 9.61. The van der Waals surface area contributed by atoms with Crippen molar-refractivity contribution in [1.82, 2.24) is 25.2 Å². The van der Waals surface area contributed by atoms with E-state index in [1.54, 1.807) is 0 Å². The zero-order valence-corrected chi connectivity index (χ0v) is 16.8. The second kappa shape index (κ2) is 9.77. The van der Waals surface area contributed by atoms with E-state index in [2.05, 4.69) is 20.4 Å². The number of para-hydroxylation sites is 1. The van der Waals surface area contributed by atoms with Crippen LogP contribution in [0.3, 0.4) is 0 Å². The van der Waals surface area contributed by atoms with Crippen LogP contribution in [0.15, 0.2) is 30.5 Å². The summed E-state index contributed by atoms with van der Waals surface area (Å²) in [4.78, 5) is 26.5. The molecule has 2 amide bonds. The van der Waals surface area contributed by atoms with Gasteiger partial charge in [0.1, 0.15) is 5.75 Å². The fourth-order valence-electron chi connectivity index (χ4n) is 3.37. The normalized spacial score (nSPS) is 16.4. The monoisotopic (exact) mass is 441 g/mol. The van der Waals surface area contributed by atoms with Crippen LogP contribution in [0, 0.1) is 0 Å². The Labute approximate surface area is 176 Å². The molecule has 3 rings (SSSR count). The van der Waals surface area contributed by atoms with E-state index < -0.39 is 23.9 Å². The molecule has 0 radical (unpaired) electrons. The van der Waals surface area contributed by atoms with E-state index in [1.165, 1.54) is 41.1 Å². The molecule has 1 aromatic carbocycles. The molecule has 0 aliphatic carbocycles. The molecule has 1 N–H and O–H groups in total. The van der Waals surface area contributed by atoms with E-state index >= 15 is 0 Å². The number of likely N-dealkylation sites (tertiary alicyclic amines) is 1. The van der Waals surface area contributed by atoms with Crippen molar-refractivity contribution >= 4 is 11.8 Å². The van der Waals surface area contributed by atoms with Gasteiger partial charge in [-0.25, -0.2) is 4.68 Å². The summed E-state index contributed by atoms with van der Waals surface area (Å²) in [6.07, 6.45) is -2.10. The first-order valence-electron chi connectivity index (χ1n) is 9.61. The van der Waals surface area contributed by atoms with Gasteiger partial charge in [0, 0.05) is 20.2 Å². The van der Waals surface area contributed by atoms with Gasteiger partial charge in [0.2, 0.25) is 0 Å². The third kappa shape index (κ3) is 5.94. The average molecular weight is 441 g/mol. The second-order valence-corrected chi connectivity index (χ2v) is 6.91. The predicted molar refractivity (Wildman–Crippen MR) is 101 cm³/mol. The Balaban J connectivity index is 1.69. The molecule has 168 valence electrons. The highest BCUT2D eigenvalue weighted by molar-refractivity contribution is 5.97. The maximum Gasteiger partial charge on any atom is 0.573 e. The smallest absolute Gasteiger partial charge is 0.405 e. The molecular weight excluding hydrogens is 419 g/mol. The number of benzene rings is 1. The maximum absolute atomic E-state index is 13.0. The van der Waals surface area contributed by atoms with Crippen LogP contribution in [0.5, 0.6) is 5.75 Å². The van der Waals surface area contributed by atoms with Gasteiger partial charge >= 0.3 is 6.36 Å². The quantitative estimate of drug-likeness (QED) is 0.628. The van der Waals surface area contributed by atoms with Crippen LogP contribution in [-0.2, 0) is 11.3 Å². The number of nitrogens with zero attached hydrogens (tertiary/aromatic N) is 4. The van der Waals surface area contributed by atoms with E-state index in [0.29, 0.717) is 32.5 Å². The Hall–Kier alpha value is -3.15. The van der Waals surface area contributed by atoms with Crippen LogP contribution >= 0.6 is 0 Å². The van der Waals surface area contributed by atoms with Crippen LogP contribution < -0.4 is 10.1 Å². The fourth-order valence-corrected chi connectivity index (χ4v) is 3.37. The Morgan fingerprint density at radius 2 is 2.06 bits per heavy atom. The largest absolute Gasteiger partial charge is 0.573 e. The number of nitrogens with one attached hydrogen (secondary N) is 1. The van der Waals surface area contributed by atoms with Crippen molar-refractivity contribution in [2.45, 2.75) is 31.8 Å². The van der Waals surface area contributed by atoms with Crippen molar-refractivity contribution in [2.24, 2.45) is 0 Å². The van der Waals surface area contributed by atoms with E-state index in [-0.39, 0.29) is 23.8 Å². The molecule has 2 heterocycles. The fraction of sp³-hybridized carbons (Fsp3) is 0.474. The zero-order valence-electron chi connectivity index (χ0n) is 16.8. The predicted octanol–water partition coefficient (Wildman–Crippen LogP) is 1.86. The van der Waals surface area contributed by atoms with Gasteiger partial charge in [0.15, 0.2) is 5.69 Å². The molecule has 0 bridgehead atoms. The third-order valence-corrected chi connectivity index (χ3v) is 4.74. The molecule has 0 unspecified atom stereocenters. The van der Waals surface area contributed by atoms with E-state index in [9.17, 15) is 22.8 Å². The van der Waals surface area contributed by atoms with Crippen LogP contribution in [0.4, 0.5) is 13.2 Å². The third-order valence-electron chi connectivity index (χ3n) is 4.74. The van der Waals surface area contributed by atoms with Crippen molar-refractivity contribution in [3.63, 3.8) is 0 Å². The molecule has 31 heavy (non-hydrogen) atoms. The first kappa shape index (κ1) is 22.5. The van der Waals surface area contributed by atoms with Crippen LogP contribution in [0.1, 0.15) is 33.7 Å². The van der Waals surface area contributed by atoms with Crippen molar-refractivity contribution in [2.75, 3.05) is 26.8 Å². The zero-order chi connectivity index (χ0) is 22.4. The van der Waals surface area contributed by atoms with Gasteiger partial charge in [-0.05, 0) is 25.0 Å². The van der Waals surface area contributed by atoms with Crippen molar-refractivity contribution < 1.29 is 32.2 Å². The summed E-state index contributed by atoms with van der Waals surface area (Å²) >= 11 is 0. The van der Waals surface area contributed by atoms with Gasteiger partial charge < -0.3 is 19.7 Å². The average Bonchev–Trinajstić information content (AvgIpc) is 3.37. The molecule has 1 aromatic heterocycles. The Kier molecular flexibility index (Phi) is 7.10. The minimum Gasteiger partial charge on any atom is -0.405 e. The molecule has 9 nitrogen and oxygen atoms in total. The second-order valence-electron chi connectivity index (χ2n) is 6.91. The van der Waals surface area contributed by atoms with E-state index in [4.69, 9.17) is 4.74 Å². The lowest BCUT2D eigenvalue weighted by atomic mass is 10.1. The summed E-state index contributed by atoms with van der Waals surface area (Å²) in [7, 11) is 1.52. The van der Waals surface area contributed by atoms with E-state index in [1.807, 2.05) is 0 Å². The highest BCUT2D eigenvalue weighted by Gasteiger charge is 2.35. The number of ether oxygens (including phenoxy) is 2. The number of hydrogen-bond donors (Lipinski definition) is 1. The molecule has 12 heteroatoms. The molecule has 1 fully saturated rings. The van der Waals surface area contributed by atoms with Gasteiger partial charge in [-0.2, -0.15) is 0 Å². The SMILES string of the molecule is COCCNC(=O)c1cn(C[C@@H]2CCCN2C(=O)c2ccccc2OC(F)(F)F)nn1. The molecular formula is C19H22F3N5O4. The topological polar surface area (TPSA) is 98.6 Å². The summed E-state index contributed by atoms with van der Waals surface area (Å²) in [5.41, 5.74) is -0.0422. The Morgan fingerprint density at radius 3 is 2.81 bits per heavy atom. The van der Waals surface area contributed by atoms with Gasteiger partial charge in [-0.15, -0.1) is 18.3 Å². The van der Waals surface area contributed by atoms with Crippen molar-refractivity contribution in [3.05, 3.63) is 41.7 Å². The highest BCUT2D eigenvalue weighted by atomic mass is 19.4. The van der Waals surface area contributed by atoms with Gasteiger partial charge in [-0.3, -0.25) is 9.59 Å². The summed E-state index contributed by atoms with van der Waals surface area (Å²) in [6.45, 7) is 1.33. The summed E-state index contributed by atoms with van der Waals surface area (Å²) in [6, 6.07) is 4.95. The number of amides is 2. The maximum atomic E-state index is 13.0. The number of carbonyl (C=O) groups is 2. The van der Waals surface area contributed by atoms with Gasteiger partial charge in [-0.1, -0.05) is 17.3 Å². The molecule has 0 saturated carbocycles. The van der Waals surface area contributed by atoms with E-state index in [0.717, 1.165) is 6.07 Å². The highest BCUT2D eigenvalue weighted by Crippen LogP contribution is 2.29. The summed E-state index contributed by atoms with van der Waals surface area (Å²) < 4.78 is 48.4. The molecule has 1 aliphatic rings. The lowest BCUT2D eigenvalue weighted by Crippen LogP contribution is -2.38. The number of methoxy groups -OCH3 is 1. The van der Waals surface area contributed by atoms with Crippen LogP contribution in [0.2, 0.25) is 0 Å². The van der Waals surface area contributed by atoms with Gasteiger partial charge in [0.25, 0.3) is 11.8 Å². The number of alkyl halides is 3. The summed E-state index contributed by atoms with van der Waals surface area (Å²) in [5.74, 6) is -1.50. The Morgan fingerprint density at radius 1 is 1.29 bits per heavy atom. The molecule has 0 spiro atoms. The minimum atomic E-state index is -4.90. The van der Waals surface area contributed by atoms with Crippen molar-refractivity contribution in [3.8, 4) is 5.75 Å². The first-order chi connectivity index (χ1) is 14.8. The van der Waals surface area contributed by atoms with Crippen molar-refractivity contribution in [1.29, 1.82) is 0 Å². The molecule has 2 aromatic rings. The molecule has 1 saturated heterocycles.